The number of nitrogens with zero attached hydrogens (tertiary/aromatic N) is 4. The molecule has 0 amide bonds. The Balaban J connectivity index is 1.70. The van der Waals surface area contributed by atoms with Gasteiger partial charge in [0.15, 0.2) is 11.5 Å². The number of fused-ring (bicyclic) bond motifs is 2. The molecule has 1 aliphatic heterocycles. The zero-order chi connectivity index (χ0) is 20.8. The molecular formula is C22H30N4O3. The van der Waals surface area contributed by atoms with Crippen LogP contribution < -0.4 is 19.1 Å². The molecule has 1 saturated carbocycles. The Morgan fingerprint density at radius 2 is 1.69 bits per heavy atom. The second-order valence-corrected chi connectivity index (χ2v) is 9.40. The van der Waals surface area contributed by atoms with Crippen LogP contribution in [0.4, 0.5) is 5.95 Å². The largest absolute Gasteiger partial charge is 0.493 e. The average Bonchev–Trinajstić information content (AvgIpc) is 2.95. The zero-order valence-corrected chi connectivity index (χ0v) is 18.2. The van der Waals surface area contributed by atoms with Crippen molar-refractivity contribution >= 4 is 5.95 Å². The predicted molar refractivity (Wildman–Crippen MR) is 112 cm³/mol. The third kappa shape index (κ3) is 3.58. The summed E-state index contributed by atoms with van der Waals surface area (Å²) in [5.41, 5.74) is 2.23. The number of hydrogen-bond donors (Lipinski definition) is 0. The van der Waals surface area contributed by atoms with Crippen molar-refractivity contribution in [3.63, 3.8) is 0 Å². The van der Waals surface area contributed by atoms with Crippen molar-refractivity contribution in [2.75, 3.05) is 32.8 Å². The van der Waals surface area contributed by atoms with Crippen molar-refractivity contribution in [1.29, 1.82) is 0 Å². The second-order valence-electron chi connectivity index (χ2n) is 9.40. The molecule has 2 aromatic rings. The van der Waals surface area contributed by atoms with Gasteiger partial charge in [-0.3, -0.25) is 0 Å². The predicted octanol–water partition coefficient (Wildman–Crippen LogP) is 3.97. The summed E-state index contributed by atoms with van der Waals surface area (Å²) in [6.07, 6.45) is 5.25. The van der Waals surface area contributed by atoms with Crippen molar-refractivity contribution in [2.45, 2.75) is 46.1 Å². The summed E-state index contributed by atoms with van der Waals surface area (Å²) in [6, 6.07) is 4.24. The molecule has 0 radical (unpaired) electrons. The van der Waals surface area contributed by atoms with E-state index in [4.69, 9.17) is 19.2 Å². The second kappa shape index (κ2) is 7.04. The fourth-order valence-corrected chi connectivity index (χ4v) is 5.48. The van der Waals surface area contributed by atoms with E-state index in [0.717, 1.165) is 24.2 Å². The first-order chi connectivity index (χ1) is 13.8. The van der Waals surface area contributed by atoms with Gasteiger partial charge in [0, 0.05) is 18.2 Å². The Kier molecular flexibility index (Phi) is 4.79. The molecule has 0 N–H and O–H groups in total. The number of hydrogen-bond acceptors (Lipinski definition) is 7. The molecule has 2 aliphatic rings. The molecule has 0 unspecified atom stereocenters. The molecule has 1 aromatic carbocycles. The number of ether oxygens (including phenoxy) is 3. The van der Waals surface area contributed by atoms with Crippen molar-refractivity contribution < 1.29 is 14.2 Å². The van der Waals surface area contributed by atoms with Crippen LogP contribution in [0.1, 0.15) is 40.0 Å². The SMILES string of the molecule is COc1cc(-c2cnnc(N3C[C@]4(C)C[C@H]3CC(C)(C)C4)n2)cc(OC)c1OC. The molecule has 7 nitrogen and oxygen atoms in total. The normalized spacial score (nSPS) is 25.0. The van der Waals surface area contributed by atoms with Gasteiger partial charge in [-0.2, -0.15) is 5.10 Å². The topological polar surface area (TPSA) is 69.6 Å². The highest BCUT2D eigenvalue weighted by Crippen LogP contribution is 2.53. The van der Waals surface area contributed by atoms with Crippen LogP contribution in [0.5, 0.6) is 17.2 Å². The van der Waals surface area contributed by atoms with Gasteiger partial charge in [0.25, 0.3) is 0 Å². The van der Waals surface area contributed by atoms with Crippen molar-refractivity contribution in [1.82, 2.24) is 15.2 Å². The molecule has 29 heavy (non-hydrogen) atoms. The standard InChI is InChI=1S/C22H30N4O3/c1-21(2)9-15-10-22(3,12-21)13-26(15)20-24-16(11-23-25-20)14-7-17(27-4)19(29-6)18(8-14)28-5/h7-8,11,15H,9-10,12-13H2,1-6H3/t15-,22-/m1/s1. The van der Waals surface area contributed by atoms with Gasteiger partial charge in [-0.05, 0) is 42.2 Å². The Hall–Kier alpha value is -2.57. The lowest BCUT2D eigenvalue weighted by Gasteiger charge is -2.39. The first-order valence-corrected chi connectivity index (χ1v) is 10.0. The molecule has 2 bridgehead atoms. The van der Waals surface area contributed by atoms with E-state index in [1.54, 1.807) is 27.5 Å². The van der Waals surface area contributed by atoms with Gasteiger partial charge in [-0.1, -0.05) is 20.8 Å². The minimum atomic E-state index is 0.304. The summed E-state index contributed by atoms with van der Waals surface area (Å²) >= 11 is 0. The van der Waals surface area contributed by atoms with Gasteiger partial charge in [0.1, 0.15) is 0 Å². The van der Waals surface area contributed by atoms with Crippen LogP contribution in [-0.4, -0.2) is 49.1 Å². The van der Waals surface area contributed by atoms with Crippen LogP contribution in [0.3, 0.4) is 0 Å². The number of methoxy groups -OCH3 is 3. The van der Waals surface area contributed by atoms with E-state index in [1.807, 2.05) is 12.1 Å². The zero-order valence-electron chi connectivity index (χ0n) is 18.2. The van der Waals surface area contributed by atoms with Crippen molar-refractivity contribution in [3.8, 4) is 28.5 Å². The molecular weight excluding hydrogens is 368 g/mol. The molecule has 2 atom stereocenters. The van der Waals surface area contributed by atoms with Gasteiger partial charge in [0.05, 0.1) is 33.2 Å². The quantitative estimate of drug-likeness (QED) is 0.755. The summed E-state index contributed by atoms with van der Waals surface area (Å²) < 4.78 is 16.4. The van der Waals surface area contributed by atoms with Gasteiger partial charge >= 0.3 is 0 Å². The van der Waals surface area contributed by atoms with Crippen molar-refractivity contribution in [3.05, 3.63) is 18.3 Å². The van der Waals surface area contributed by atoms with Gasteiger partial charge < -0.3 is 19.1 Å². The Labute approximate surface area is 172 Å². The molecule has 0 spiro atoms. The van der Waals surface area contributed by atoms with E-state index in [9.17, 15) is 0 Å². The van der Waals surface area contributed by atoms with Crippen LogP contribution >= 0.6 is 0 Å². The van der Waals surface area contributed by atoms with Crippen LogP contribution in [0, 0.1) is 10.8 Å². The van der Waals surface area contributed by atoms with E-state index < -0.39 is 0 Å². The Morgan fingerprint density at radius 1 is 1.00 bits per heavy atom. The number of rotatable bonds is 5. The lowest BCUT2D eigenvalue weighted by molar-refractivity contribution is 0.136. The van der Waals surface area contributed by atoms with E-state index in [0.29, 0.717) is 40.1 Å². The third-order valence-electron chi connectivity index (χ3n) is 6.18. The van der Waals surface area contributed by atoms with Crippen LogP contribution in [0.2, 0.25) is 0 Å². The number of anilines is 1. The summed E-state index contributed by atoms with van der Waals surface area (Å²) in [6.45, 7) is 8.09. The van der Waals surface area contributed by atoms with Crippen LogP contribution in [0.15, 0.2) is 18.3 Å². The maximum atomic E-state index is 5.48. The lowest BCUT2D eigenvalue weighted by Crippen LogP contribution is -2.35. The van der Waals surface area contributed by atoms with Gasteiger partial charge in [0.2, 0.25) is 11.7 Å². The summed E-state index contributed by atoms with van der Waals surface area (Å²) in [7, 11) is 4.81. The monoisotopic (exact) mass is 398 g/mol. The highest BCUT2D eigenvalue weighted by molar-refractivity contribution is 5.68. The van der Waals surface area contributed by atoms with E-state index >= 15 is 0 Å². The Bertz CT molecular complexity index is 892. The fraction of sp³-hybridized carbons (Fsp3) is 0.591. The number of benzene rings is 1. The molecule has 2 fully saturated rings. The minimum Gasteiger partial charge on any atom is -0.493 e. The molecule has 1 aromatic heterocycles. The Morgan fingerprint density at radius 3 is 2.31 bits per heavy atom. The van der Waals surface area contributed by atoms with Crippen molar-refractivity contribution in [2.24, 2.45) is 10.8 Å². The molecule has 156 valence electrons. The highest BCUT2D eigenvalue weighted by Gasteiger charge is 2.50. The lowest BCUT2D eigenvalue weighted by atomic mass is 9.65. The van der Waals surface area contributed by atoms with Crippen LogP contribution in [0.25, 0.3) is 11.3 Å². The molecule has 1 saturated heterocycles. The van der Waals surface area contributed by atoms with Gasteiger partial charge in [-0.25, -0.2) is 4.98 Å². The number of aromatic nitrogens is 3. The van der Waals surface area contributed by atoms with E-state index in [-0.39, 0.29) is 0 Å². The molecule has 1 aliphatic carbocycles. The first kappa shape index (κ1) is 19.7. The smallest absolute Gasteiger partial charge is 0.246 e. The molecule has 2 heterocycles. The van der Waals surface area contributed by atoms with Crippen LogP contribution in [-0.2, 0) is 0 Å². The van der Waals surface area contributed by atoms with E-state index in [2.05, 4.69) is 35.9 Å². The summed E-state index contributed by atoms with van der Waals surface area (Å²) in [4.78, 5) is 7.22. The average molecular weight is 399 g/mol. The molecule has 4 rings (SSSR count). The fourth-order valence-electron chi connectivity index (χ4n) is 5.48. The third-order valence-corrected chi connectivity index (χ3v) is 6.18. The maximum Gasteiger partial charge on any atom is 0.246 e. The van der Waals surface area contributed by atoms with E-state index in [1.165, 1.54) is 12.8 Å². The van der Waals surface area contributed by atoms with Gasteiger partial charge in [-0.15, -0.1) is 5.10 Å². The molecule has 7 heteroatoms. The highest BCUT2D eigenvalue weighted by atomic mass is 16.5. The maximum absolute atomic E-state index is 5.48. The summed E-state index contributed by atoms with van der Waals surface area (Å²) in [5, 5.41) is 8.65. The minimum absolute atomic E-state index is 0.304. The summed E-state index contributed by atoms with van der Waals surface area (Å²) in [5.74, 6) is 2.44. The first-order valence-electron chi connectivity index (χ1n) is 10.0.